The van der Waals surface area contributed by atoms with E-state index in [9.17, 15) is 18.8 Å². The van der Waals surface area contributed by atoms with Crippen LogP contribution < -0.4 is 0 Å². The van der Waals surface area contributed by atoms with Gasteiger partial charge in [0.05, 0.1) is 16.7 Å². The molecule has 0 saturated heterocycles. The summed E-state index contributed by atoms with van der Waals surface area (Å²) >= 11 is 0. The van der Waals surface area contributed by atoms with Crippen LogP contribution in [0.1, 0.15) is 31.2 Å². The quantitative estimate of drug-likeness (QED) is 0.674. The zero-order valence-electron chi connectivity index (χ0n) is 13.0. The van der Waals surface area contributed by atoms with E-state index in [0.717, 1.165) is 6.39 Å². The SMILES string of the molecule is O=C(ON1C(=O)c2ccccc2C1=O)c1ncoc1-c1ccccc1F. The largest absolute Gasteiger partial charge is 0.442 e. The summed E-state index contributed by atoms with van der Waals surface area (Å²) in [5.74, 6) is -3.44. The van der Waals surface area contributed by atoms with Gasteiger partial charge in [-0.2, -0.15) is 0 Å². The first kappa shape index (κ1) is 15.7. The third-order valence-corrected chi connectivity index (χ3v) is 3.81. The number of benzene rings is 2. The molecule has 0 unspecified atom stereocenters. The summed E-state index contributed by atoms with van der Waals surface area (Å²) in [5.41, 5.74) is -0.106. The Kier molecular flexibility index (Phi) is 3.58. The van der Waals surface area contributed by atoms with Gasteiger partial charge in [-0.3, -0.25) is 9.59 Å². The molecule has 0 saturated carbocycles. The number of hydrogen-bond acceptors (Lipinski definition) is 6. The predicted octanol–water partition coefficient (Wildman–Crippen LogP) is 2.85. The van der Waals surface area contributed by atoms with Gasteiger partial charge in [0.25, 0.3) is 11.8 Å². The number of amides is 2. The number of halogens is 1. The minimum Gasteiger partial charge on any atom is -0.442 e. The summed E-state index contributed by atoms with van der Waals surface area (Å²) in [4.78, 5) is 45.5. The van der Waals surface area contributed by atoms with E-state index in [0.29, 0.717) is 5.06 Å². The fourth-order valence-electron chi connectivity index (χ4n) is 2.60. The van der Waals surface area contributed by atoms with Gasteiger partial charge in [-0.15, -0.1) is 0 Å². The van der Waals surface area contributed by atoms with Crippen LogP contribution in [0.3, 0.4) is 0 Å². The summed E-state index contributed by atoms with van der Waals surface area (Å²) in [6.45, 7) is 0. The lowest BCUT2D eigenvalue weighted by molar-refractivity contribution is -0.0587. The Bertz CT molecular complexity index is 1020. The van der Waals surface area contributed by atoms with E-state index in [1.807, 2.05) is 0 Å². The summed E-state index contributed by atoms with van der Waals surface area (Å²) in [6, 6.07) is 11.7. The van der Waals surface area contributed by atoms with Crippen molar-refractivity contribution >= 4 is 17.8 Å². The predicted molar refractivity (Wildman–Crippen MR) is 84.3 cm³/mol. The number of carbonyl (C=O) groups excluding carboxylic acids is 3. The van der Waals surface area contributed by atoms with Crippen molar-refractivity contribution < 1.29 is 28.0 Å². The topological polar surface area (TPSA) is 89.7 Å². The first-order valence-electron chi connectivity index (χ1n) is 7.46. The van der Waals surface area contributed by atoms with Crippen molar-refractivity contribution in [2.75, 3.05) is 0 Å². The highest BCUT2D eigenvalue weighted by Crippen LogP contribution is 2.28. The number of rotatable bonds is 3. The molecule has 2 aromatic carbocycles. The minimum absolute atomic E-state index is 0.000638. The average molecular weight is 352 g/mol. The number of hydrogen-bond donors (Lipinski definition) is 0. The van der Waals surface area contributed by atoms with Crippen LogP contribution >= 0.6 is 0 Å². The molecular weight excluding hydrogens is 343 g/mol. The van der Waals surface area contributed by atoms with E-state index in [1.165, 1.54) is 30.3 Å². The van der Waals surface area contributed by atoms with Crippen molar-refractivity contribution in [1.29, 1.82) is 0 Å². The third-order valence-electron chi connectivity index (χ3n) is 3.81. The average Bonchev–Trinajstić information content (AvgIpc) is 3.22. The van der Waals surface area contributed by atoms with Crippen molar-refractivity contribution in [2.45, 2.75) is 0 Å². The monoisotopic (exact) mass is 352 g/mol. The molecule has 0 atom stereocenters. The summed E-state index contributed by atoms with van der Waals surface area (Å²) in [6.07, 6.45) is 0.945. The summed E-state index contributed by atoms with van der Waals surface area (Å²) in [5, 5.41) is 0.354. The molecule has 0 aliphatic carbocycles. The maximum Gasteiger partial charge on any atom is 0.386 e. The van der Waals surface area contributed by atoms with E-state index in [4.69, 9.17) is 9.25 Å². The zero-order chi connectivity index (χ0) is 18.3. The molecule has 2 heterocycles. The molecule has 0 radical (unpaired) electrons. The minimum atomic E-state index is -1.12. The molecular formula is C18H9FN2O5. The smallest absolute Gasteiger partial charge is 0.386 e. The lowest BCUT2D eigenvalue weighted by atomic mass is 10.1. The molecule has 4 rings (SSSR count). The van der Waals surface area contributed by atoms with Crippen LogP contribution in [-0.4, -0.2) is 27.8 Å². The molecule has 1 aliphatic heterocycles. The third kappa shape index (κ3) is 2.35. The highest BCUT2D eigenvalue weighted by molar-refractivity contribution is 6.21. The van der Waals surface area contributed by atoms with Crippen LogP contribution in [0.2, 0.25) is 0 Å². The van der Waals surface area contributed by atoms with Gasteiger partial charge in [-0.1, -0.05) is 29.3 Å². The molecule has 0 fully saturated rings. The molecule has 1 aliphatic rings. The molecule has 0 N–H and O–H groups in total. The highest BCUT2D eigenvalue weighted by Gasteiger charge is 2.39. The lowest BCUT2D eigenvalue weighted by Crippen LogP contribution is -2.32. The number of carbonyl (C=O) groups is 3. The number of fused-ring (bicyclic) bond motifs is 1. The van der Waals surface area contributed by atoms with Crippen molar-refractivity contribution in [3.63, 3.8) is 0 Å². The number of hydroxylamine groups is 2. The van der Waals surface area contributed by atoms with Crippen LogP contribution in [-0.2, 0) is 4.84 Å². The van der Waals surface area contributed by atoms with Crippen LogP contribution in [0.15, 0.2) is 59.3 Å². The Morgan fingerprint density at radius 2 is 1.54 bits per heavy atom. The van der Waals surface area contributed by atoms with Crippen molar-refractivity contribution in [3.8, 4) is 11.3 Å². The Morgan fingerprint density at radius 3 is 2.15 bits per heavy atom. The number of oxazole rings is 1. The molecule has 0 spiro atoms. The van der Waals surface area contributed by atoms with Crippen LogP contribution in [0.5, 0.6) is 0 Å². The normalized spacial score (nSPS) is 13.0. The van der Waals surface area contributed by atoms with Gasteiger partial charge in [-0.25, -0.2) is 14.2 Å². The summed E-state index contributed by atoms with van der Waals surface area (Å²) in [7, 11) is 0. The standard InChI is InChI=1S/C18H9FN2O5/c19-13-8-4-3-7-12(13)15-14(20-9-25-15)18(24)26-21-16(22)10-5-1-2-6-11(10)17(21)23/h1-9H. The van der Waals surface area contributed by atoms with E-state index in [2.05, 4.69) is 4.98 Å². The van der Waals surface area contributed by atoms with Crippen molar-refractivity contribution in [1.82, 2.24) is 10.0 Å². The lowest BCUT2D eigenvalue weighted by Gasteiger charge is -2.12. The molecule has 1 aromatic heterocycles. The van der Waals surface area contributed by atoms with Crippen LogP contribution in [0.4, 0.5) is 4.39 Å². The highest BCUT2D eigenvalue weighted by atomic mass is 19.1. The molecule has 128 valence electrons. The fourth-order valence-corrected chi connectivity index (χ4v) is 2.60. The zero-order valence-corrected chi connectivity index (χ0v) is 13.0. The van der Waals surface area contributed by atoms with E-state index in [-0.39, 0.29) is 28.1 Å². The van der Waals surface area contributed by atoms with Gasteiger partial charge in [0, 0.05) is 0 Å². The summed E-state index contributed by atoms with van der Waals surface area (Å²) < 4.78 is 19.0. The van der Waals surface area contributed by atoms with Crippen LogP contribution in [0, 0.1) is 5.82 Å². The van der Waals surface area contributed by atoms with Crippen molar-refractivity contribution in [2.24, 2.45) is 0 Å². The number of nitrogens with zero attached hydrogens (tertiary/aromatic N) is 2. The number of aromatic nitrogens is 1. The Morgan fingerprint density at radius 1 is 0.962 bits per heavy atom. The second kappa shape index (κ2) is 5.92. The van der Waals surface area contributed by atoms with Gasteiger partial charge in [0.15, 0.2) is 17.8 Å². The Balaban J connectivity index is 1.64. The van der Waals surface area contributed by atoms with E-state index in [1.54, 1.807) is 18.2 Å². The van der Waals surface area contributed by atoms with Crippen LogP contribution in [0.25, 0.3) is 11.3 Å². The van der Waals surface area contributed by atoms with Crippen molar-refractivity contribution in [3.05, 3.63) is 77.6 Å². The first-order chi connectivity index (χ1) is 12.6. The van der Waals surface area contributed by atoms with Gasteiger partial charge in [0.2, 0.25) is 0 Å². The van der Waals surface area contributed by atoms with E-state index >= 15 is 0 Å². The molecule has 8 heteroatoms. The maximum absolute atomic E-state index is 13.9. The van der Waals surface area contributed by atoms with Gasteiger partial charge in [0.1, 0.15) is 5.82 Å². The van der Waals surface area contributed by atoms with Gasteiger partial charge in [-0.05, 0) is 24.3 Å². The maximum atomic E-state index is 13.9. The molecule has 26 heavy (non-hydrogen) atoms. The fraction of sp³-hybridized carbons (Fsp3) is 0. The second-order valence-electron chi connectivity index (χ2n) is 5.34. The first-order valence-corrected chi connectivity index (χ1v) is 7.46. The molecule has 0 bridgehead atoms. The Hall–Kier alpha value is -3.81. The molecule has 3 aromatic rings. The van der Waals surface area contributed by atoms with E-state index < -0.39 is 23.6 Å². The Labute approximate surface area is 145 Å². The second-order valence-corrected chi connectivity index (χ2v) is 5.34. The molecule has 7 nitrogen and oxygen atoms in total. The number of imide groups is 1. The molecule has 2 amide bonds. The van der Waals surface area contributed by atoms with Gasteiger partial charge >= 0.3 is 5.97 Å². The van der Waals surface area contributed by atoms with Gasteiger partial charge < -0.3 is 9.25 Å².